The van der Waals surface area contributed by atoms with Crippen LogP contribution in [0.1, 0.15) is 38.3 Å². The lowest BCUT2D eigenvalue weighted by molar-refractivity contribution is -0.143. The summed E-state index contributed by atoms with van der Waals surface area (Å²) in [5.74, 6) is -9.81. The Morgan fingerprint density at radius 1 is 0.914 bits per heavy atom. The van der Waals surface area contributed by atoms with E-state index >= 15 is 0 Å². The lowest BCUT2D eigenvalue weighted by Gasteiger charge is -2.16. The van der Waals surface area contributed by atoms with Crippen molar-refractivity contribution >= 4 is 5.78 Å². The number of aromatic nitrogens is 2. The minimum absolute atomic E-state index is 0.102. The molecule has 3 rings (SSSR count). The maximum absolute atomic E-state index is 14.1. The SMILES string of the molecule is Cc1[nH]n(-c2c(F)c(F)cc(F)c2F)c(=O)c1C(=O)c1cc(C(F)(F)F)c(C#N)c(C(F)(F)F)c1. The van der Waals surface area contributed by atoms with E-state index < -0.39 is 86.2 Å². The summed E-state index contributed by atoms with van der Waals surface area (Å²) in [6, 6.07) is 0.388. The van der Waals surface area contributed by atoms with Crippen LogP contribution in [0, 0.1) is 41.5 Å². The molecule has 1 aromatic heterocycles. The van der Waals surface area contributed by atoms with Crippen molar-refractivity contribution < 1.29 is 48.7 Å². The van der Waals surface area contributed by atoms with Gasteiger partial charge in [-0.2, -0.15) is 31.6 Å². The van der Waals surface area contributed by atoms with Crippen molar-refractivity contribution in [3.8, 4) is 11.8 Å². The van der Waals surface area contributed by atoms with Crippen molar-refractivity contribution in [2.24, 2.45) is 0 Å². The van der Waals surface area contributed by atoms with Crippen LogP contribution >= 0.6 is 0 Å². The van der Waals surface area contributed by atoms with Crippen LogP contribution in [0.15, 0.2) is 23.0 Å². The second kappa shape index (κ2) is 8.29. The molecule has 0 fully saturated rings. The highest BCUT2D eigenvalue weighted by molar-refractivity contribution is 6.10. The molecule has 0 atom stereocenters. The molecule has 0 unspecified atom stereocenters. The first-order valence-electron chi connectivity index (χ1n) is 8.92. The highest BCUT2D eigenvalue weighted by Gasteiger charge is 2.42. The van der Waals surface area contributed by atoms with Gasteiger partial charge >= 0.3 is 12.4 Å². The standard InChI is InChI=1S/C20H7F10N3O2/c1-6-13(18(35)33(32-6)16-14(23)11(21)4-12(22)15(16)24)17(34)7-2-9(19(25,26)27)8(5-31)10(3-7)20(28,29)30/h2-4,32H,1H3. The molecule has 15 heteroatoms. The molecular formula is C20H7F10N3O2. The number of alkyl halides is 6. The van der Waals surface area contributed by atoms with Gasteiger partial charge in [0.25, 0.3) is 5.56 Å². The van der Waals surface area contributed by atoms with Crippen molar-refractivity contribution in [2.75, 3.05) is 0 Å². The van der Waals surface area contributed by atoms with Gasteiger partial charge in [-0.3, -0.25) is 14.7 Å². The number of aryl methyl sites for hydroxylation is 1. The van der Waals surface area contributed by atoms with Crippen LogP contribution in [0.3, 0.4) is 0 Å². The van der Waals surface area contributed by atoms with Crippen LogP contribution in [0.4, 0.5) is 43.9 Å². The molecular weight excluding hydrogens is 504 g/mol. The maximum Gasteiger partial charge on any atom is 0.417 e. The van der Waals surface area contributed by atoms with E-state index in [1.807, 2.05) is 5.10 Å². The Balaban J connectivity index is 2.32. The number of carbonyl (C=O) groups excluding carboxylic acids is 1. The van der Waals surface area contributed by atoms with Crippen LogP contribution in [0.2, 0.25) is 0 Å². The molecule has 0 saturated heterocycles. The van der Waals surface area contributed by atoms with E-state index in [4.69, 9.17) is 5.26 Å². The maximum atomic E-state index is 14.1. The molecule has 0 radical (unpaired) electrons. The Bertz CT molecular complexity index is 1410. The normalized spacial score (nSPS) is 12.1. The number of carbonyl (C=O) groups is 1. The van der Waals surface area contributed by atoms with Crippen molar-refractivity contribution in [1.29, 1.82) is 5.26 Å². The smallest absolute Gasteiger partial charge is 0.294 e. The zero-order valence-electron chi connectivity index (χ0n) is 16.7. The van der Waals surface area contributed by atoms with Crippen molar-refractivity contribution in [1.82, 2.24) is 9.78 Å². The van der Waals surface area contributed by atoms with E-state index in [9.17, 15) is 53.5 Å². The number of ketones is 1. The lowest BCUT2D eigenvalue weighted by atomic mass is 9.93. The van der Waals surface area contributed by atoms with E-state index in [2.05, 4.69) is 0 Å². The molecule has 1 heterocycles. The number of nitrogens with zero attached hydrogens (tertiary/aromatic N) is 2. The number of nitriles is 1. The molecule has 0 spiro atoms. The summed E-state index contributed by atoms with van der Waals surface area (Å²) in [7, 11) is 0. The summed E-state index contributed by atoms with van der Waals surface area (Å²) < 4.78 is 135. The van der Waals surface area contributed by atoms with Crippen molar-refractivity contribution in [2.45, 2.75) is 19.3 Å². The number of benzene rings is 2. The van der Waals surface area contributed by atoms with Crippen LogP contribution in [0.5, 0.6) is 0 Å². The van der Waals surface area contributed by atoms with E-state index in [0.717, 1.165) is 13.0 Å². The second-order valence-electron chi connectivity index (χ2n) is 6.95. The van der Waals surface area contributed by atoms with Crippen LogP contribution < -0.4 is 5.56 Å². The molecule has 0 aliphatic carbocycles. The Morgan fingerprint density at radius 2 is 1.37 bits per heavy atom. The summed E-state index contributed by atoms with van der Waals surface area (Å²) in [5.41, 5.74) is -12.6. The Kier molecular flexibility index (Phi) is 6.05. The van der Waals surface area contributed by atoms with E-state index in [1.165, 1.54) is 0 Å². The molecule has 1 N–H and O–H groups in total. The Labute approximate surface area is 186 Å². The number of H-pyrrole nitrogens is 1. The fraction of sp³-hybridized carbons (Fsp3) is 0.150. The molecule has 2 aromatic carbocycles. The molecule has 0 saturated carbocycles. The molecule has 0 aliphatic heterocycles. The van der Waals surface area contributed by atoms with Gasteiger partial charge in [-0.25, -0.2) is 22.2 Å². The first kappa shape index (κ1) is 25.5. The Hall–Kier alpha value is -4.09. The number of aromatic amines is 1. The molecule has 3 aromatic rings. The third-order valence-electron chi connectivity index (χ3n) is 4.73. The van der Waals surface area contributed by atoms with Crippen molar-refractivity contribution in [3.63, 3.8) is 0 Å². The van der Waals surface area contributed by atoms with Gasteiger partial charge in [0.2, 0.25) is 5.78 Å². The van der Waals surface area contributed by atoms with E-state index in [-0.39, 0.29) is 22.9 Å². The van der Waals surface area contributed by atoms with Gasteiger partial charge in [0, 0.05) is 17.3 Å². The molecule has 0 bridgehead atoms. The summed E-state index contributed by atoms with van der Waals surface area (Å²) in [6.45, 7) is 0.885. The molecule has 35 heavy (non-hydrogen) atoms. The first-order valence-corrected chi connectivity index (χ1v) is 8.92. The average Bonchev–Trinajstić information content (AvgIpc) is 3.03. The zero-order valence-corrected chi connectivity index (χ0v) is 16.7. The van der Waals surface area contributed by atoms with Gasteiger partial charge in [-0.05, 0) is 19.1 Å². The quantitative estimate of drug-likeness (QED) is 0.300. The minimum atomic E-state index is -5.53. The highest BCUT2D eigenvalue weighted by Crippen LogP contribution is 2.40. The zero-order chi connectivity index (χ0) is 26.6. The molecule has 0 aliphatic rings. The van der Waals surface area contributed by atoms with Gasteiger partial charge in [0.15, 0.2) is 23.3 Å². The number of rotatable bonds is 3. The molecule has 184 valence electrons. The number of nitrogens with one attached hydrogen (secondary N) is 1. The number of hydrogen-bond donors (Lipinski definition) is 1. The fourth-order valence-corrected chi connectivity index (χ4v) is 3.21. The van der Waals surface area contributed by atoms with Crippen LogP contribution in [-0.4, -0.2) is 15.6 Å². The largest absolute Gasteiger partial charge is 0.417 e. The average molecular weight is 511 g/mol. The van der Waals surface area contributed by atoms with Crippen LogP contribution in [0.25, 0.3) is 5.69 Å². The number of halogens is 10. The highest BCUT2D eigenvalue weighted by atomic mass is 19.4. The summed E-state index contributed by atoms with van der Waals surface area (Å²) >= 11 is 0. The predicted octanol–water partition coefficient (Wildman–Crippen LogP) is 5.17. The van der Waals surface area contributed by atoms with Gasteiger partial charge in [-0.15, -0.1) is 0 Å². The molecule has 0 amide bonds. The summed E-state index contributed by atoms with van der Waals surface area (Å²) in [5, 5.41) is 10.8. The Morgan fingerprint density at radius 3 is 1.77 bits per heavy atom. The van der Waals surface area contributed by atoms with Gasteiger partial charge in [0.05, 0.1) is 16.7 Å². The van der Waals surface area contributed by atoms with Gasteiger partial charge in [-0.1, -0.05) is 0 Å². The van der Waals surface area contributed by atoms with Crippen molar-refractivity contribution in [3.05, 3.63) is 85.3 Å². The monoisotopic (exact) mass is 511 g/mol. The lowest BCUT2D eigenvalue weighted by Crippen LogP contribution is -2.24. The van der Waals surface area contributed by atoms with Gasteiger partial charge < -0.3 is 0 Å². The minimum Gasteiger partial charge on any atom is -0.294 e. The molecule has 5 nitrogen and oxygen atoms in total. The first-order chi connectivity index (χ1) is 16.0. The summed E-state index contributed by atoms with van der Waals surface area (Å²) in [6.07, 6.45) is -11.1. The third-order valence-corrected chi connectivity index (χ3v) is 4.73. The van der Waals surface area contributed by atoms with Crippen LogP contribution in [-0.2, 0) is 12.4 Å². The van der Waals surface area contributed by atoms with E-state index in [1.54, 1.807) is 0 Å². The van der Waals surface area contributed by atoms with E-state index in [0.29, 0.717) is 0 Å². The predicted molar refractivity (Wildman–Crippen MR) is 95.6 cm³/mol. The topological polar surface area (TPSA) is 78.7 Å². The second-order valence-corrected chi connectivity index (χ2v) is 6.95. The van der Waals surface area contributed by atoms with Gasteiger partial charge in [0.1, 0.15) is 17.3 Å². The fourth-order valence-electron chi connectivity index (χ4n) is 3.21. The number of hydrogen-bond acceptors (Lipinski definition) is 3. The summed E-state index contributed by atoms with van der Waals surface area (Å²) in [4.78, 5) is 25.5. The third kappa shape index (κ3) is 4.27.